The van der Waals surface area contributed by atoms with Crippen molar-refractivity contribution < 1.29 is 4.79 Å². The summed E-state index contributed by atoms with van der Waals surface area (Å²) in [6, 6.07) is 1.69. The lowest BCUT2D eigenvalue weighted by Crippen LogP contribution is -2.30. The number of hydrogen-bond donors (Lipinski definition) is 2. The third-order valence-corrected chi connectivity index (χ3v) is 3.89. The SMILES string of the molecule is CC1CCCC(CCNC(=O)Cn2ccc(N)n2)C1. The molecule has 1 fully saturated rings. The number of aromatic nitrogens is 2. The number of carbonyl (C=O) groups excluding carboxylic acids is 1. The Hall–Kier alpha value is -1.52. The average molecular weight is 264 g/mol. The molecular formula is C14H24N4O. The molecule has 3 N–H and O–H groups in total. The molecule has 106 valence electrons. The van der Waals surface area contributed by atoms with Crippen LogP contribution in [0.3, 0.4) is 0 Å². The van der Waals surface area contributed by atoms with Gasteiger partial charge in [0.25, 0.3) is 0 Å². The van der Waals surface area contributed by atoms with Crippen molar-refractivity contribution in [3.05, 3.63) is 12.3 Å². The molecule has 5 heteroatoms. The molecule has 1 aromatic heterocycles. The summed E-state index contributed by atoms with van der Waals surface area (Å²) in [7, 11) is 0. The minimum Gasteiger partial charge on any atom is -0.382 e. The Morgan fingerprint density at radius 2 is 2.42 bits per heavy atom. The summed E-state index contributed by atoms with van der Waals surface area (Å²) in [5, 5.41) is 6.95. The predicted octanol–water partition coefficient (Wildman–Crippen LogP) is 1.80. The molecule has 19 heavy (non-hydrogen) atoms. The molecule has 1 aliphatic rings. The van der Waals surface area contributed by atoms with E-state index in [1.165, 1.54) is 25.7 Å². The zero-order valence-electron chi connectivity index (χ0n) is 11.6. The van der Waals surface area contributed by atoms with Crippen LogP contribution in [0.4, 0.5) is 5.82 Å². The minimum absolute atomic E-state index is 0.00644. The number of nitrogen functional groups attached to an aromatic ring is 1. The van der Waals surface area contributed by atoms with E-state index < -0.39 is 0 Å². The van der Waals surface area contributed by atoms with Crippen molar-refractivity contribution in [2.45, 2.75) is 45.6 Å². The van der Waals surface area contributed by atoms with E-state index in [-0.39, 0.29) is 12.5 Å². The lowest BCUT2D eigenvalue weighted by molar-refractivity contribution is -0.121. The Morgan fingerprint density at radius 1 is 1.58 bits per heavy atom. The van der Waals surface area contributed by atoms with Gasteiger partial charge in [-0.3, -0.25) is 9.48 Å². The quantitative estimate of drug-likeness (QED) is 0.851. The highest BCUT2D eigenvalue weighted by Crippen LogP contribution is 2.30. The standard InChI is InChI=1S/C14H24N4O/c1-11-3-2-4-12(9-11)5-7-16-14(19)10-18-8-6-13(15)17-18/h6,8,11-12H,2-5,7,9-10H2,1H3,(H2,15,17)(H,16,19). The molecule has 1 amide bonds. The Morgan fingerprint density at radius 3 is 3.11 bits per heavy atom. The Kier molecular flexibility index (Phi) is 4.82. The molecular weight excluding hydrogens is 240 g/mol. The van der Waals surface area contributed by atoms with Crippen LogP contribution in [0.15, 0.2) is 12.3 Å². The fourth-order valence-corrected chi connectivity index (χ4v) is 2.91. The van der Waals surface area contributed by atoms with Gasteiger partial charge in [-0.1, -0.05) is 26.2 Å². The van der Waals surface area contributed by atoms with Gasteiger partial charge in [-0.25, -0.2) is 0 Å². The number of rotatable bonds is 5. The molecule has 0 aliphatic heterocycles. The molecule has 2 atom stereocenters. The van der Waals surface area contributed by atoms with Crippen LogP contribution < -0.4 is 11.1 Å². The maximum absolute atomic E-state index is 11.7. The molecule has 1 aromatic rings. The first-order chi connectivity index (χ1) is 9.13. The molecule has 1 heterocycles. The normalized spacial score (nSPS) is 23.2. The third kappa shape index (κ3) is 4.58. The van der Waals surface area contributed by atoms with Gasteiger partial charge in [0.15, 0.2) is 0 Å². The van der Waals surface area contributed by atoms with Gasteiger partial charge in [-0.2, -0.15) is 5.10 Å². The highest BCUT2D eigenvalue weighted by Gasteiger charge is 2.18. The largest absolute Gasteiger partial charge is 0.382 e. The molecule has 0 saturated heterocycles. The lowest BCUT2D eigenvalue weighted by Gasteiger charge is -2.26. The van der Waals surface area contributed by atoms with Crippen LogP contribution >= 0.6 is 0 Å². The summed E-state index contributed by atoms with van der Waals surface area (Å²) in [5.74, 6) is 2.09. The Bertz CT molecular complexity index is 415. The number of nitrogens with two attached hydrogens (primary N) is 1. The van der Waals surface area contributed by atoms with Crippen molar-refractivity contribution in [2.24, 2.45) is 11.8 Å². The van der Waals surface area contributed by atoms with Gasteiger partial charge in [-0.15, -0.1) is 0 Å². The Labute approximate surface area is 114 Å². The van der Waals surface area contributed by atoms with Gasteiger partial charge < -0.3 is 11.1 Å². The van der Waals surface area contributed by atoms with Crippen LogP contribution in [-0.4, -0.2) is 22.2 Å². The first kappa shape index (κ1) is 13.9. The van der Waals surface area contributed by atoms with Crippen LogP contribution in [-0.2, 0) is 11.3 Å². The van der Waals surface area contributed by atoms with E-state index in [9.17, 15) is 4.79 Å². The van der Waals surface area contributed by atoms with Gasteiger partial charge in [0, 0.05) is 12.7 Å². The van der Waals surface area contributed by atoms with Gasteiger partial charge in [0.1, 0.15) is 12.4 Å². The minimum atomic E-state index is 0.00644. The molecule has 1 aliphatic carbocycles. The summed E-state index contributed by atoms with van der Waals surface area (Å²) in [4.78, 5) is 11.7. The average Bonchev–Trinajstić information content (AvgIpc) is 2.75. The van der Waals surface area contributed by atoms with Gasteiger partial charge in [-0.05, 0) is 30.7 Å². The number of nitrogens with zero attached hydrogens (tertiary/aromatic N) is 2. The van der Waals surface area contributed by atoms with E-state index in [1.807, 2.05) is 0 Å². The van der Waals surface area contributed by atoms with E-state index in [4.69, 9.17) is 5.73 Å². The zero-order valence-corrected chi connectivity index (χ0v) is 11.6. The molecule has 0 bridgehead atoms. The van der Waals surface area contributed by atoms with E-state index in [2.05, 4.69) is 17.3 Å². The van der Waals surface area contributed by atoms with E-state index in [1.54, 1.807) is 16.9 Å². The van der Waals surface area contributed by atoms with Gasteiger partial charge in [0.2, 0.25) is 5.91 Å². The van der Waals surface area contributed by atoms with E-state index >= 15 is 0 Å². The summed E-state index contributed by atoms with van der Waals surface area (Å²) in [6.07, 6.45) is 8.15. The molecule has 2 unspecified atom stereocenters. The predicted molar refractivity (Wildman–Crippen MR) is 75.4 cm³/mol. The van der Waals surface area contributed by atoms with E-state index in [0.717, 1.165) is 24.8 Å². The van der Waals surface area contributed by atoms with Crippen LogP contribution in [0.5, 0.6) is 0 Å². The molecule has 2 rings (SSSR count). The summed E-state index contributed by atoms with van der Waals surface area (Å²) in [5.41, 5.74) is 5.50. The number of carbonyl (C=O) groups is 1. The van der Waals surface area contributed by atoms with Crippen molar-refractivity contribution in [3.63, 3.8) is 0 Å². The lowest BCUT2D eigenvalue weighted by atomic mass is 9.81. The molecule has 0 aromatic carbocycles. The van der Waals surface area contributed by atoms with Crippen molar-refractivity contribution in [2.75, 3.05) is 12.3 Å². The number of nitrogens with one attached hydrogen (secondary N) is 1. The van der Waals surface area contributed by atoms with Crippen LogP contribution in [0.25, 0.3) is 0 Å². The first-order valence-electron chi connectivity index (χ1n) is 7.19. The van der Waals surface area contributed by atoms with Gasteiger partial charge >= 0.3 is 0 Å². The summed E-state index contributed by atoms with van der Waals surface area (Å²) < 4.78 is 1.56. The number of amides is 1. The van der Waals surface area contributed by atoms with Crippen LogP contribution in [0.2, 0.25) is 0 Å². The number of anilines is 1. The Balaban J connectivity index is 1.63. The monoisotopic (exact) mass is 264 g/mol. The molecule has 1 saturated carbocycles. The maximum atomic E-state index is 11.7. The molecule has 0 spiro atoms. The van der Waals surface area contributed by atoms with Crippen LogP contribution in [0, 0.1) is 11.8 Å². The second-order valence-corrected chi connectivity index (χ2v) is 5.71. The van der Waals surface area contributed by atoms with Crippen LogP contribution in [0.1, 0.15) is 39.0 Å². The highest BCUT2D eigenvalue weighted by molar-refractivity contribution is 5.75. The molecule has 5 nitrogen and oxygen atoms in total. The second-order valence-electron chi connectivity index (χ2n) is 5.71. The van der Waals surface area contributed by atoms with E-state index in [0.29, 0.717) is 5.82 Å². The fourth-order valence-electron chi connectivity index (χ4n) is 2.91. The third-order valence-electron chi connectivity index (χ3n) is 3.89. The second kappa shape index (κ2) is 6.59. The van der Waals surface area contributed by atoms with Crippen molar-refractivity contribution >= 4 is 11.7 Å². The summed E-state index contributed by atoms with van der Waals surface area (Å²) in [6.45, 7) is 3.35. The zero-order chi connectivity index (χ0) is 13.7. The molecule has 0 radical (unpaired) electrons. The van der Waals surface area contributed by atoms with Gasteiger partial charge in [0.05, 0.1) is 0 Å². The number of hydrogen-bond acceptors (Lipinski definition) is 3. The highest BCUT2D eigenvalue weighted by atomic mass is 16.2. The first-order valence-corrected chi connectivity index (χ1v) is 7.19. The smallest absolute Gasteiger partial charge is 0.241 e. The van der Waals surface area contributed by atoms with Crippen molar-refractivity contribution in [1.29, 1.82) is 0 Å². The topological polar surface area (TPSA) is 72.9 Å². The fraction of sp³-hybridized carbons (Fsp3) is 0.714. The van der Waals surface area contributed by atoms with Crippen molar-refractivity contribution in [3.8, 4) is 0 Å². The van der Waals surface area contributed by atoms with Crippen molar-refractivity contribution in [1.82, 2.24) is 15.1 Å². The maximum Gasteiger partial charge on any atom is 0.241 e. The summed E-state index contributed by atoms with van der Waals surface area (Å²) >= 11 is 0.